The maximum Gasteiger partial charge on any atom is 0.305 e. The van der Waals surface area contributed by atoms with E-state index in [2.05, 4.69) is 10.1 Å². The smallest absolute Gasteiger partial charge is 0.305 e. The molecule has 0 saturated carbocycles. The highest BCUT2D eigenvalue weighted by Gasteiger charge is 2.13. The van der Waals surface area contributed by atoms with Gasteiger partial charge < -0.3 is 15.8 Å². The van der Waals surface area contributed by atoms with E-state index >= 15 is 0 Å². The van der Waals surface area contributed by atoms with Crippen molar-refractivity contribution in [1.29, 1.82) is 0 Å². The maximum atomic E-state index is 11.7. The minimum atomic E-state index is -0.569. The van der Waals surface area contributed by atoms with Crippen LogP contribution in [-0.4, -0.2) is 31.6 Å². The average Bonchev–Trinajstić information content (AvgIpc) is 2.44. The number of nitrogens with one attached hydrogen (secondary N) is 1. The van der Waals surface area contributed by atoms with Gasteiger partial charge in [-0.25, -0.2) is 0 Å². The molecule has 0 saturated heterocycles. The lowest BCUT2D eigenvalue weighted by Gasteiger charge is -2.12. The number of ether oxygens (including phenoxy) is 1. The number of amides is 1. The largest absolute Gasteiger partial charge is 0.469 e. The van der Waals surface area contributed by atoms with Crippen LogP contribution in [-0.2, 0) is 20.7 Å². The third-order valence-corrected chi connectivity index (χ3v) is 2.72. The standard InChI is InChI=1S/C14H20N2O3/c1-19-13(17)8-5-9-16-14(18)12(15)10-11-6-3-2-4-7-11/h2-4,6-7,12H,5,8-10,15H2,1H3,(H,16,18)/t12-/m1/s1. The Bertz CT molecular complexity index is 406. The summed E-state index contributed by atoms with van der Waals surface area (Å²) in [6.07, 6.45) is 1.35. The summed E-state index contributed by atoms with van der Waals surface area (Å²) in [5, 5.41) is 2.71. The van der Waals surface area contributed by atoms with Crippen LogP contribution >= 0.6 is 0 Å². The van der Waals surface area contributed by atoms with E-state index in [1.54, 1.807) is 0 Å². The molecular formula is C14H20N2O3. The molecule has 19 heavy (non-hydrogen) atoms. The zero-order valence-electron chi connectivity index (χ0n) is 11.1. The summed E-state index contributed by atoms with van der Waals surface area (Å²) >= 11 is 0. The van der Waals surface area contributed by atoms with Crippen LogP contribution in [0.4, 0.5) is 0 Å². The van der Waals surface area contributed by atoms with Crippen LogP contribution in [0.1, 0.15) is 18.4 Å². The lowest BCUT2D eigenvalue weighted by molar-refractivity contribution is -0.140. The first-order chi connectivity index (χ1) is 9.13. The molecule has 0 radical (unpaired) electrons. The van der Waals surface area contributed by atoms with Gasteiger partial charge in [0, 0.05) is 13.0 Å². The number of carbonyl (C=O) groups is 2. The molecule has 0 heterocycles. The zero-order chi connectivity index (χ0) is 14.1. The Balaban J connectivity index is 2.24. The lowest BCUT2D eigenvalue weighted by atomic mass is 10.1. The molecule has 5 nitrogen and oxygen atoms in total. The van der Waals surface area contributed by atoms with Crippen molar-refractivity contribution in [2.75, 3.05) is 13.7 Å². The summed E-state index contributed by atoms with van der Waals surface area (Å²) in [4.78, 5) is 22.6. The molecule has 1 aromatic rings. The van der Waals surface area contributed by atoms with Gasteiger partial charge in [0.15, 0.2) is 0 Å². The maximum absolute atomic E-state index is 11.7. The molecule has 0 unspecified atom stereocenters. The molecule has 0 aliphatic rings. The first-order valence-corrected chi connectivity index (χ1v) is 6.27. The molecular weight excluding hydrogens is 244 g/mol. The first kappa shape index (κ1) is 15.2. The Hall–Kier alpha value is -1.88. The molecule has 0 aliphatic carbocycles. The van der Waals surface area contributed by atoms with Gasteiger partial charge in [0.05, 0.1) is 13.2 Å². The number of esters is 1. The summed E-state index contributed by atoms with van der Waals surface area (Å²) in [6.45, 7) is 0.427. The van der Waals surface area contributed by atoms with Crippen molar-refractivity contribution >= 4 is 11.9 Å². The summed E-state index contributed by atoms with van der Waals surface area (Å²) in [5.74, 6) is -0.475. The van der Waals surface area contributed by atoms with Crippen molar-refractivity contribution < 1.29 is 14.3 Å². The lowest BCUT2D eigenvalue weighted by Crippen LogP contribution is -2.42. The molecule has 1 atom stereocenters. The Morgan fingerprint density at radius 3 is 2.63 bits per heavy atom. The van der Waals surface area contributed by atoms with Crippen LogP contribution in [0.15, 0.2) is 30.3 Å². The number of carbonyl (C=O) groups excluding carboxylic acids is 2. The Morgan fingerprint density at radius 1 is 1.32 bits per heavy atom. The van der Waals surface area contributed by atoms with Crippen molar-refractivity contribution in [3.8, 4) is 0 Å². The number of hydrogen-bond donors (Lipinski definition) is 2. The summed E-state index contributed by atoms with van der Waals surface area (Å²) < 4.78 is 4.51. The number of benzene rings is 1. The van der Waals surface area contributed by atoms with Gasteiger partial charge >= 0.3 is 5.97 Å². The van der Waals surface area contributed by atoms with Crippen molar-refractivity contribution in [2.24, 2.45) is 5.73 Å². The van der Waals surface area contributed by atoms with Crippen molar-refractivity contribution in [1.82, 2.24) is 5.32 Å². The molecule has 1 rings (SSSR count). The third-order valence-electron chi connectivity index (χ3n) is 2.72. The predicted octanol–water partition coefficient (Wildman–Crippen LogP) is 0.626. The van der Waals surface area contributed by atoms with Crippen LogP contribution < -0.4 is 11.1 Å². The Labute approximate surface area is 113 Å². The Kier molecular flexibility index (Phi) is 6.60. The SMILES string of the molecule is COC(=O)CCCNC(=O)[C@H](N)Cc1ccccc1. The molecule has 0 aromatic heterocycles. The highest BCUT2D eigenvalue weighted by Crippen LogP contribution is 2.01. The van der Waals surface area contributed by atoms with Gasteiger partial charge in [-0.1, -0.05) is 30.3 Å². The average molecular weight is 264 g/mol. The molecule has 5 heteroatoms. The van der Waals surface area contributed by atoms with E-state index < -0.39 is 6.04 Å². The quantitative estimate of drug-likeness (QED) is 0.559. The van der Waals surface area contributed by atoms with E-state index in [4.69, 9.17) is 5.73 Å². The topological polar surface area (TPSA) is 81.4 Å². The van der Waals surface area contributed by atoms with Gasteiger partial charge in [-0.3, -0.25) is 9.59 Å². The van der Waals surface area contributed by atoms with E-state index in [0.717, 1.165) is 5.56 Å². The highest BCUT2D eigenvalue weighted by molar-refractivity contribution is 5.81. The Morgan fingerprint density at radius 2 is 2.00 bits per heavy atom. The molecule has 0 aliphatic heterocycles. The van der Waals surface area contributed by atoms with Crippen LogP contribution in [0.5, 0.6) is 0 Å². The second kappa shape index (κ2) is 8.26. The highest BCUT2D eigenvalue weighted by atomic mass is 16.5. The van der Waals surface area contributed by atoms with Crippen LogP contribution in [0, 0.1) is 0 Å². The molecule has 104 valence electrons. The van der Waals surface area contributed by atoms with Crippen LogP contribution in [0.25, 0.3) is 0 Å². The van der Waals surface area contributed by atoms with Gasteiger partial charge in [0.2, 0.25) is 5.91 Å². The van der Waals surface area contributed by atoms with E-state index in [1.807, 2.05) is 30.3 Å². The first-order valence-electron chi connectivity index (χ1n) is 6.27. The van der Waals surface area contributed by atoms with Crippen molar-refractivity contribution in [2.45, 2.75) is 25.3 Å². The van der Waals surface area contributed by atoms with Crippen molar-refractivity contribution in [3.63, 3.8) is 0 Å². The fourth-order valence-electron chi connectivity index (χ4n) is 1.64. The number of methoxy groups -OCH3 is 1. The van der Waals surface area contributed by atoms with Gasteiger partial charge in [-0.2, -0.15) is 0 Å². The number of nitrogens with two attached hydrogens (primary N) is 1. The molecule has 1 amide bonds. The molecule has 0 bridgehead atoms. The molecule has 0 spiro atoms. The predicted molar refractivity (Wildman–Crippen MR) is 72.4 cm³/mol. The number of hydrogen-bond acceptors (Lipinski definition) is 4. The monoisotopic (exact) mass is 264 g/mol. The fraction of sp³-hybridized carbons (Fsp3) is 0.429. The molecule has 3 N–H and O–H groups in total. The van der Waals surface area contributed by atoms with Gasteiger partial charge in [-0.15, -0.1) is 0 Å². The van der Waals surface area contributed by atoms with Crippen LogP contribution in [0.3, 0.4) is 0 Å². The summed E-state index contributed by atoms with van der Waals surface area (Å²) in [6, 6.07) is 9.05. The fourth-order valence-corrected chi connectivity index (χ4v) is 1.64. The second-order valence-electron chi connectivity index (χ2n) is 4.27. The van der Waals surface area contributed by atoms with Gasteiger partial charge in [0.1, 0.15) is 0 Å². The van der Waals surface area contributed by atoms with Gasteiger partial charge in [-0.05, 0) is 18.4 Å². The second-order valence-corrected chi connectivity index (χ2v) is 4.27. The summed E-state index contributed by atoms with van der Waals surface area (Å²) in [5.41, 5.74) is 6.84. The minimum absolute atomic E-state index is 0.200. The van der Waals surface area contributed by atoms with Crippen molar-refractivity contribution in [3.05, 3.63) is 35.9 Å². The molecule has 0 fully saturated rings. The zero-order valence-corrected chi connectivity index (χ0v) is 11.1. The van der Waals surface area contributed by atoms with E-state index in [9.17, 15) is 9.59 Å². The van der Waals surface area contributed by atoms with E-state index in [0.29, 0.717) is 25.8 Å². The van der Waals surface area contributed by atoms with E-state index in [1.165, 1.54) is 7.11 Å². The van der Waals surface area contributed by atoms with Gasteiger partial charge in [0.25, 0.3) is 0 Å². The number of rotatable bonds is 7. The van der Waals surface area contributed by atoms with Crippen LogP contribution in [0.2, 0.25) is 0 Å². The summed E-state index contributed by atoms with van der Waals surface area (Å²) in [7, 11) is 1.34. The minimum Gasteiger partial charge on any atom is -0.469 e. The van der Waals surface area contributed by atoms with E-state index in [-0.39, 0.29) is 11.9 Å². The third kappa shape index (κ3) is 6.01. The normalized spacial score (nSPS) is 11.7. The molecule has 1 aromatic carbocycles.